The Labute approximate surface area is 153 Å². The molecule has 5 heteroatoms. The van der Waals surface area contributed by atoms with Crippen LogP contribution in [0.3, 0.4) is 0 Å². The van der Waals surface area contributed by atoms with E-state index in [2.05, 4.69) is 34.7 Å². The van der Waals surface area contributed by atoms with Gasteiger partial charge in [-0.05, 0) is 23.4 Å². The Hall–Kier alpha value is -1.69. The van der Waals surface area contributed by atoms with E-state index >= 15 is 0 Å². The monoisotopic (exact) mass is 358 g/mol. The van der Waals surface area contributed by atoms with Gasteiger partial charge in [-0.1, -0.05) is 43.3 Å². The summed E-state index contributed by atoms with van der Waals surface area (Å²) in [5.41, 5.74) is 1.08. The highest BCUT2D eigenvalue weighted by Crippen LogP contribution is 2.26. The predicted octanol–water partition coefficient (Wildman–Crippen LogP) is 3.43. The first-order valence-electron chi connectivity index (χ1n) is 8.97. The van der Waals surface area contributed by atoms with Gasteiger partial charge in [0, 0.05) is 24.5 Å². The summed E-state index contributed by atoms with van der Waals surface area (Å²) < 4.78 is 5.48. The highest BCUT2D eigenvalue weighted by molar-refractivity contribution is 7.10. The lowest BCUT2D eigenvalue weighted by molar-refractivity contribution is -0.123. The maximum absolute atomic E-state index is 12.8. The number of carbonyl (C=O) groups is 1. The van der Waals surface area contributed by atoms with E-state index in [1.54, 1.807) is 11.3 Å². The molecule has 1 aromatic carbocycles. The Morgan fingerprint density at radius 3 is 2.60 bits per heavy atom. The Morgan fingerprint density at radius 1 is 1.20 bits per heavy atom. The standard InChI is InChI=1S/C20H26N2O2S/c1-2-17(16-7-4-3-5-8-16)20(23)21-15-18(19-9-6-14-25-19)22-10-12-24-13-11-22/h3-9,14,17-18H,2,10-13,15H2,1H3,(H,21,23)/t17-,18+/m1/s1. The molecule has 4 nitrogen and oxygen atoms in total. The minimum Gasteiger partial charge on any atom is -0.379 e. The van der Waals surface area contributed by atoms with Crippen molar-refractivity contribution in [1.82, 2.24) is 10.2 Å². The third-order valence-corrected chi connectivity index (χ3v) is 5.73. The smallest absolute Gasteiger partial charge is 0.227 e. The minimum atomic E-state index is -0.0881. The number of benzene rings is 1. The van der Waals surface area contributed by atoms with Crippen LogP contribution in [0.2, 0.25) is 0 Å². The van der Waals surface area contributed by atoms with Gasteiger partial charge in [-0.25, -0.2) is 0 Å². The molecule has 1 aromatic heterocycles. The third-order valence-electron chi connectivity index (χ3n) is 4.75. The fourth-order valence-electron chi connectivity index (χ4n) is 3.36. The molecule has 1 N–H and O–H groups in total. The number of carbonyl (C=O) groups excluding carboxylic acids is 1. The molecular formula is C20H26N2O2S. The maximum Gasteiger partial charge on any atom is 0.227 e. The van der Waals surface area contributed by atoms with E-state index in [0.29, 0.717) is 6.54 Å². The van der Waals surface area contributed by atoms with E-state index in [0.717, 1.165) is 38.3 Å². The zero-order chi connectivity index (χ0) is 17.5. The largest absolute Gasteiger partial charge is 0.379 e. The molecule has 0 saturated carbocycles. The second-order valence-electron chi connectivity index (χ2n) is 6.30. The van der Waals surface area contributed by atoms with Gasteiger partial charge < -0.3 is 10.1 Å². The lowest BCUT2D eigenvalue weighted by Crippen LogP contribution is -2.44. The van der Waals surface area contributed by atoms with Gasteiger partial charge in [0.1, 0.15) is 0 Å². The maximum atomic E-state index is 12.8. The van der Waals surface area contributed by atoms with Crippen LogP contribution in [-0.4, -0.2) is 43.7 Å². The number of rotatable bonds is 7. The second-order valence-corrected chi connectivity index (χ2v) is 7.28. The van der Waals surface area contributed by atoms with E-state index in [4.69, 9.17) is 4.74 Å². The van der Waals surface area contributed by atoms with Crippen LogP contribution in [0.25, 0.3) is 0 Å². The van der Waals surface area contributed by atoms with Gasteiger partial charge in [-0.15, -0.1) is 11.3 Å². The SMILES string of the molecule is CC[C@@H](C(=O)NC[C@@H](c1cccs1)N1CCOCC1)c1ccccc1. The first-order chi connectivity index (χ1) is 12.3. The van der Waals surface area contributed by atoms with Crippen LogP contribution in [0.1, 0.15) is 35.7 Å². The van der Waals surface area contributed by atoms with E-state index in [1.807, 2.05) is 30.3 Å². The zero-order valence-electron chi connectivity index (χ0n) is 14.7. The zero-order valence-corrected chi connectivity index (χ0v) is 15.5. The number of ether oxygens (including phenoxy) is 1. The fourth-order valence-corrected chi connectivity index (χ4v) is 4.22. The molecule has 2 atom stereocenters. The van der Waals surface area contributed by atoms with E-state index in [-0.39, 0.29) is 17.9 Å². The van der Waals surface area contributed by atoms with Crippen LogP contribution in [-0.2, 0) is 9.53 Å². The lowest BCUT2D eigenvalue weighted by atomic mass is 9.95. The molecule has 0 aliphatic carbocycles. The number of amides is 1. The normalized spacial score (nSPS) is 17.8. The predicted molar refractivity (Wildman–Crippen MR) is 102 cm³/mol. The summed E-state index contributed by atoms with van der Waals surface area (Å²) in [6, 6.07) is 14.5. The number of hydrogen-bond donors (Lipinski definition) is 1. The molecule has 1 aliphatic rings. The van der Waals surface area contributed by atoms with Crippen molar-refractivity contribution >= 4 is 17.2 Å². The van der Waals surface area contributed by atoms with Gasteiger partial charge >= 0.3 is 0 Å². The Kier molecular flexibility index (Phi) is 6.62. The van der Waals surface area contributed by atoms with Crippen molar-refractivity contribution in [3.63, 3.8) is 0 Å². The average molecular weight is 359 g/mol. The number of nitrogens with zero attached hydrogens (tertiary/aromatic N) is 1. The topological polar surface area (TPSA) is 41.6 Å². The molecule has 0 spiro atoms. The van der Waals surface area contributed by atoms with Gasteiger partial charge in [0.05, 0.1) is 25.2 Å². The average Bonchev–Trinajstić information content (AvgIpc) is 3.19. The molecule has 0 radical (unpaired) electrons. The van der Waals surface area contributed by atoms with Crippen molar-refractivity contribution in [2.24, 2.45) is 0 Å². The summed E-state index contributed by atoms with van der Waals surface area (Å²) in [4.78, 5) is 16.5. The number of thiophene rings is 1. The second kappa shape index (κ2) is 9.13. The lowest BCUT2D eigenvalue weighted by Gasteiger charge is -2.34. The molecule has 1 aliphatic heterocycles. The Bertz CT molecular complexity index is 639. The van der Waals surface area contributed by atoms with E-state index < -0.39 is 0 Å². The molecule has 2 heterocycles. The van der Waals surface area contributed by atoms with Gasteiger partial charge in [0.25, 0.3) is 0 Å². The van der Waals surface area contributed by atoms with Crippen molar-refractivity contribution in [3.8, 4) is 0 Å². The van der Waals surface area contributed by atoms with Crippen LogP contribution in [0, 0.1) is 0 Å². The summed E-state index contributed by atoms with van der Waals surface area (Å²) in [6.07, 6.45) is 0.803. The number of morpholine rings is 1. The summed E-state index contributed by atoms with van der Waals surface area (Å²) in [6.45, 7) is 6.05. The van der Waals surface area contributed by atoms with Crippen molar-refractivity contribution in [2.45, 2.75) is 25.3 Å². The van der Waals surface area contributed by atoms with Gasteiger partial charge in [0.2, 0.25) is 5.91 Å². The van der Waals surface area contributed by atoms with Crippen molar-refractivity contribution in [3.05, 3.63) is 58.3 Å². The molecular weight excluding hydrogens is 332 g/mol. The molecule has 1 saturated heterocycles. The molecule has 0 unspecified atom stereocenters. The summed E-state index contributed by atoms with van der Waals surface area (Å²) in [5, 5.41) is 5.30. The minimum absolute atomic E-state index is 0.0881. The van der Waals surface area contributed by atoms with Crippen molar-refractivity contribution < 1.29 is 9.53 Å². The summed E-state index contributed by atoms with van der Waals surface area (Å²) >= 11 is 1.75. The first kappa shape index (κ1) is 18.1. The molecule has 0 bridgehead atoms. The van der Waals surface area contributed by atoms with Gasteiger partial charge in [-0.3, -0.25) is 9.69 Å². The van der Waals surface area contributed by atoms with Gasteiger partial charge in [-0.2, -0.15) is 0 Å². The van der Waals surface area contributed by atoms with Crippen molar-refractivity contribution in [2.75, 3.05) is 32.8 Å². The van der Waals surface area contributed by atoms with Crippen LogP contribution in [0.5, 0.6) is 0 Å². The third kappa shape index (κ3) is 4.69. The molecule has 134 valence electrons. The van der Waals surface area contributed by atoms with Crippen LogP contribution < -0.4 is 5.32 Å². The molecule has 25 heavy (non-hydrogen) atoms. The molecule has 1 fully saturated rings. The quantitative estimate of drug-likeness (QED) is 0.824. The highest BCUT2D eigenvalue weighted by Gasteiger charge is 2.25. The van der Waals surface area contributed by atoms with Crippen LogP contribution in [0.15, 0.2) is 47.8 Å². The number of hydrogen-bond acceptors (Lipinski definition) is 4. The molecule has 3 rings (SSSR count). The van der Waals surface area contributed by atoms with Crippen molar-refractivity contribution in [1.29, 1.82) is 0 Å². The Balaban J connectivity index is 1.66. The molecule has 1 amide bonds. The van der Waals surface area contributed by atoms with E-state index in [1.165, 1.54) is 4.88 Å². The van der Waals surface area contributed by atoms with Gasteiger partial charge in [0.15, 0.2) is 0 Å². The van der Waals surface area contributed by atoms with E-state index in [9.17, 15) is 4.79 Å². The highest BCUT2D eigenvalue weighted by atomic mass is 32.1. The Morgan fingerprint density at radius 2 is 1.96 bits per heavy atom. The summed E-state index contributed by atoms with van der Waals surface area (Å²) in [7, 11) is 0. The molecule has 2 aromatic rings. The number of nitrogens with one attached hydrogen (secondary N) is 1. The van der Waals surface area contributed by atoms with Crippen LogP contribution in [0.4, 0.5) is 0 Å². The first-order valence-corrected chi connectivity index (χ1v) is 9.85. The fraction of sp³-hybridized carbons (Fsp3) is 0.450. The van der Waals surface area contributed by atoms with Crippen LogP contribution >= 0.6 is 11.3 Å². The summed E-state index contributed by atoms with van der Waals surface area (Å²) in [5.74, 6) is 0.0263.